The van der Waals surface area contributed by atoms with Gasteiger partial charge in [-0.1, -0.05) is 30.3 Å². The minimum absolute atomic E-state index is 0.0315. The van der Waals surface area contributed by atoms with Gasteiger partial charge in [0.1, 0.15) is 5.69 Å². The maximum atomic E-state index is 13.3. The van der Waals surface area contributed by atoms with Crippen molar-refractivity contribution in [1.82, 2.24) is 19.4 Å². The highest BCUT2D eigenvalue weighted by Crippen LogP contribution is 2.30. The molecule has 1 aliphatic rings. The Morgan fingerprint density at radius 3 is 2.62 bits per heavy atom. The number of aromatic nitrogens is 2. The van der Waals surface area contributed by atoms with Gasteiger partial charge in [-0.3, -0.25) is 9.59 Å². The van der Waals surface area contributed by atoms with E-state index in [0.717, 1.165) is 22.5 Å². The summed E-state index contributed by atoms with van der Waals surface area (Å²) in [6, 6.07) is 13.7. The highest BCUT2D eigenvalue weighted by molar-refractivity contribution is 5.99. The third-order valence-corrected chi connectivity index (χ3v) is 6.40. The van der Waals surface area contributed by atoms with E-state index >= 15 is 0 Å². The molecule has 1 unspecified atom stereocenters. The maximum Gasteiger partial charge on any atom is 0.270 e. The molecule has 1 atom stereocenters. The van der Waals surface area contributed by atoms with E-state index < -0.39 is 0 Å². The number of nitrogens with one attached hydrogen (secondary N) is 1. The molecular formula is C25H30N4O3. The molecular weight excluding hydrogens is 404 g/mol. The van der Waals surface area contributed by atoms with Crippen LogP contribution in [0.5, 0.6) is 0 Å². The van der Waals surface area contributed by atoms with Gasteiger partial charge in [0.05, 0.1) is 23.9 Å². The van der Waals surface area contributed by atoms with Crippen molar-refractivity contribution in [3.05, 3.63) is 71.2 Å². The van der Waals surface area contributed by atoms with E-state index in [2.05, 4.69) is 22.0 Å². The van der Waals surface area contributed by atoms with Gasteiger partial charge in [0.25, 0.3) is 11.8 Å². The molecule has 7 nitrogen and oxygen atoms in total. The Kier molecular flexibility index (Phi) is 6.19. The summed E-state index contributed by atoms with van der Waals surface area (Å²) in [5, 5.41) is 3.09. The summed E-state index contributed by atoms with van der Waals surface area (Å²) in [6.07, 6.45) is 1.91. The summed E-state index contributed by atoms with van der Waals surface area (Å²) in [4.78, 5) is 28.0. The fourth-order valence-electron chi connectivity index (χ4n) is 4.67. The van der Waals surface area contributed by atoms with Crippen molar-refractivity contribution in [2.24, 2.45) is 7.05 Å². The van der Waals surface area contributed by atoms with Crippen molar-refractivity contribution < 1.29 is 14.3 Å². The molecule has 1 aromatic carbocycles. The fraction of sp³-hybridized carbons (Fsp3) is 0.360. The molecule has 32 heavy (non-hydrogen) atoms. The Hall–Kier alpha value is -3.32. The summed E-state index contributed by atoms with van der Waals surface area (Å²) in [6.45, 7) is 5.91. The zero-order valence-electron chi connectivity index (χ0n) is 19.1. The van der Waals surface area contributed by atoms with Gasteiger partial charge < -0.3 is 24.1 Å². The first-order chi connectivity index (χ1) is 15.4. The third kappa shape index (κ3) is 3.84. The van der Waals surface area contributed by atoms with Gasteiger partial charge in [0.2, 0.25) is 0 Å². The predicted molar refractivity (Wildman–Crippen MR) is 124 cm³/mol. The Morgan fingerprint density at radius 1 is 1.16 bits per heavy atom. The van der Waals surface area contributed by atoms with E-state index in [-0.39, 0.29) is 17.9 Å². The molecule has 0 radical (unpaired) electrons. The summed E-state index contributed by atoms with van der Waals surface area (Å²) < 4.78 is 9.23. The lowest BCUT2D eigenvalue weighted by Gasteiger charge is -2.36. The number of methoxy groups -OCH3 is 1. The number of benzene rings is 1. The number of rotatable bonds is 7. The molecule has 3 aromatic rings. The van der Waals surface area contributed by atoms with E-state index in [1.165, 1.54) is 0 Å². The Morgan fingerprint density at radius 2 is 1.91 bits per heavy atom. The zero-order chi connectivity index (χ0) is 22.8. The van der Waals surface area contributed by atoms with Crippen LogP contribution < -0.4 is 5.32 Å². The largest absolute Gasteiger partial charge is 0.383 e. The van der Waals surface area contributed by atoms with Crippen molar-refractivity contribution in [2.75, 3.05) is 26.8 Å². The lowest BCUT2D eigenvalue weighted by molar-refractivity contribution is 0.0504. The van der Waals surface area contributed by atoms with Crippen LogP contribution in [0, 0.1) is 13.8 Å². The number of hydrogen-bond acceptors (Lipinski definition) is 3. The molecule has 4 rings (SSSR count). The lowest BCUT2D eigenvalue weighted by atomic mass is 10.0. The molecule has 2 amide bonds. The first kappa shape index (κ1) is 21.9. The third-order valence-electron chi connectivity index (χ3n) is 6.40. The monoisotopic (exact) mass is 434 g/mol. The zero-order valence-corrected chi connectivity index (χ0v) is 19.1. The van der Waals surface area contributed by atoms with E-state index in [4.69, 9.17) is 4.74 Å². The number of carbonyl (C=O) groups excluding carboxylic acids is 2. The van der Waals surface area contributed by atoms with Crippen LogP contribution in [0.4, 0.5) is 0 Å². The van der Waals surface area contributed by atoms with Gasteiger partial charge in [-0.15, -0.1) is 0 Å². The summed E-state index contributed by atoms with van der Waals surface area (Å²) in [5.41, 5.74) is 5.36. The average molecular weight is 435 g/mol. The van der Waals surface area contributed by atoms with Gasteiger partial charge in [-0.25, -0.2) is 0 Å². The molecule has 2 aromatic heterocycles. The van der Waals surface area contributed by atoms with Gasteiger partial charge in [0, 0.05) is 45.7 Å². The van der Waals surface area contributed by atoms with Gasteiger partial charge in [-0.2, -0.15) is 0 Å². The maximum absolute atomic E-state index is 13.3. The normalized spacial score (nSPS) is 15.7. The van der Waals surface area contributed by atoms with E-state index in [0.29, 0.717) is 37.5 Å². The minimum Gasteiger partial charge on any atom is -0.383 e. The van der Waals surface area contributed by atoms with Crippen LogP contribution in [0.25, 0.3) is 11.3 Å². The number of amides is 2. The number of nitrogens with zero attached hydrogens (tertiary/aromatic N) is 3. The van der Waals surface area contributed by atoms with Gasteiger partial charge in [-0.05, 0) is 37.1 Å². The fourth-order valence-corrected chi connectivity index (χ4v) is 4.67. The Labute approximate surface area is 188 Å². The molecule has 0 aliphatic carbocycles. The molecule has 0 saturated heterocycles. The molecule has 7 heteroatoms. The summed E-state index contributed by atoms with van der Waals surface area (Å²) in [5.74, 6) is -0.147. The topological polar surface area (TPSA) is 68.5 Å². The number of carbonyl (C=O) groups is 2. The standard InChI is InChI=1S/C25H30N4O3/c1-17-22(18(2)27(3)23(17)19-9-6-5-7-10-19)24(30)26-15-20-16-28-12-8-11-21(28)25(31)29(20)13-14-32-4/h5-12,20H,13-16H2,1-4H3,(H,26,30). The van der Waals surface area contributed by atoms with Crippen molar-refractivity contribution >= 4 is 11.8 Å². The Balaban J connectivity index is 1.55. The van der Waals surface area contributed by atoms with Crippen LogP contribution in [0.3, 0.4) is 0 Å². The van der Waals surface area contributed by atoms with E-state index in [1.807, 2.05) is 62.0 Å². The van der Waals surface area contributed by atoms with Crippen molar-refractivity contribution in [3.8, 4) is 11.3 Å². The van der Waals surface area contributed by atoms with Crippen LogP contribution in [0.1, 0.15) is 32.1 Å². The molecule has 0 bridgehead atoms. The number of fused-ring (bicyclic) bond motifs is 1. The van der Waals surface area contributed by atoms with Crippen molar-refractivity contribution in [1.29, 1.82) is 0 Å². The summed E-state index contributed by atoms with van der Waals surface area (Å²) in [7, 11) is 3.61. The van der Waals surface area contributed by atoms with Gasteiger partial charge >= 0.3 is 0 Å². The minimum atomic E-state index is -0.139. The smallest absolute Gasteiger partial charge is 0.270 e. The predicted octanol–water partition coefficient (Wildman–Crippen LogP) is 3.01. The number of hydrogen-bond donors (Lipinski definition) is 1. The first-order valence-electron chi connectivity index (χ1n) is 10.9. The summed E-state index contributed by atoms with van der Waals surface area (Å²) >= 11 is 0. The first-order valence-corrected chi connectivity index (χ1v) is 10.9. The van der Waals surface area contributed by atoms with E-state index in [1.54, 1.807) is 12.0 Å². The van der Waals surface area contributed by atoms with Crippen LogP contribution in [-0.2, 0) is 18.3 Å². The van der Waals surface area contributed by atoms with E-state index in [9.17, 15) is 9.59 Å². The molecule has 0 saturated carbocycles. The molecule has 1 aliphatic heterocycles. The highest BCUT2D eigenvalue weighted by Gasteiger charge is 2.32. The quantitative estimate of drug-likeness (QED) is 0.622. The second-order valence-electron chi connectivity index (χ2n) is 8.26. The second kappa shape index (κ2) is 9.04. The molecule has 1 N–H and O–H groups in total. The van der Waals surface area contributed by atoms with Gasteiger partial charge in [0.15, 0.2) is 0 Å². The molecule has 0 fully saturated rings. The average Bonchev–Trinajstić information content (AvgIpc) is 3.35. The van der Waals surface area contributed by atoms with Crippen molar-refractivity contribution in [2.45, 2.75) is 26.4 Å². The van der Waals surface area contributed by atoms with Crippen molar-refractivity contribution in [3.63, 3.8) is 0 Å². The van der Waals surface area contributed by atoms with Crippen LogP contribution >= 0.6 is 0 Å². The van der Waals surface area contributed by atoms with Crippen LogP contribution in [-0.4, -0.2) is 58.7 Å². The van der Waals surface area contributed by atoms with Crippen LogP contribution in [0.2, 0.25) is 0 Å². The lowest BCUT2D eigenvalue weighted by Crippen LogP contribution is -2.53. The SMILES string of the molecule is COCCN1C(=O)c2cccn2CC1CNC(=O)c1c(C)c(-c2ccccc2)n(C)c1C. The van der Waals surface area contributed by atoms with Crippen LogP contribution in [0.15, 0.2) is 48.7 Å². The number of ether oxygens (including phenoxy) is 1. The Bertz CT molecular complexity index is 1130. The molecule has 168 valence electrons. The molecule has 3 heterocycles. The second-order valence-corrected chi connectivity index (χ2v) is 8.26. The molecule has 0 spiro atoms. The highest BCUT2D eigenvalue weighted by atomic mass is 16.5.